The van der Waals surface area contributed by atoms with E-state index < -0.39 is 0 Å². The Morgan fingerprint density at radius 3 is 2.50 bits per heavy atom. The van der Waals surface area contributed by atoms with Crippen molar-refractivity contribution < 1.29 is 9.53 Å². The van der Waals surface area contributed by atoms with Crippen molar-refractivity contribution in [3.05, 3.63) is 29.8 Å². The number of ether oxygens (including phenoxy) is 1. The van der Waals surface area contributed by atoms with Crippen LogP contribution in [0.4, 0.5) is 0 Å². The highest BCUT2D eigenvalue weighted by Crippen LogP contribution is 2.20. The molecule has 1 fully saturated rings. The Balaban J connectivity index is 1.90. The third kappa shape index (κ3) is 4.47. The highest BCUT2D eigenvalue weighted by molar-refractivity contribution is 5.94. The molecule has 0 spiro atoms. The van der Waals surface area contributed by atoms with E-state index in [1.165, 1.54) is 0 Å². The predicted molar refractivity (Wildman–Crippen MR) is 89.4 cm³/mol. The van der Waals surface area contributed by atoms with Crippen LogP contribution in [0.3, 0.4) is 0 Å². The molecule has 4 nitrogen and oxygen atoms in total. The minimum Gasteiger partial charge on any atom is -0.491 e. The summed E-state index contributed by atoms with van der Waals surface area (Å²) in [6, 6.07) is 7.54. The zero-order chi connectivity index (χ0) is 15.9. The summed E-state index contributed by atoms with van der Waals surface area (Å²) in [6.45, 7) is 6.91. The molecule has 1 N–H and O–H groups in total. The van der Waals surface area contributed by atoms with E-state index in [0.717, 1.165) is 50.2 Å². The summed E-state index contributed by atoms with van der Waals surface area (Å²) in [5.41, 5.74) is 0.753. The molecular weight excluding hydrogens is 276 g/mol. The highest BCUT2D eigenvalue weighted by Gasteiger charge is 2.23. The maximum Gasteiger partial charge on any atom is 0.253 e. The predicted octanol–water partition coefficient (Wildman–Crippen LogP) is 2.94. The first-order valence-electron chi connectivity index (χ1n) is 8.34. The average Bonchev–Trinajstić information content (AvgIpc) is 2.56. The topological polar surface area (TPSA) is 41.6 Å². The Morgan fingerprint density at radius 1 is 1.32 bits per heavy atom. The zero-order valence-electron chi connectivity index (χ0n) is 14.0. The number of carbonyl (C=O) groups excluding carboxylic acids is 1. The van der Waals surface area contributed by atoms with Crippen molar-refractivity contribution in [1.29, 1.82) is 0 Å². The van der Waals surface area contributed by atoms with E-state index in [2.05, 4.69) is 12.2 Å². The van der Waals surface area contributed by atoms with E-state index in [0.29, 0.717) is 5.92 Å². The lowest BCUT2D eigenvalue weighted by Crippen LogP contribution is -2.40. The molecule has 1 aliphatic rings. The fourth-order valence-corrected chi connectivity index (χ4v) is 2.80. The minimum atomic E-state index is 0.137. The van der Waals surface area contributed by atoms with Crippen molar-refractivity contribution >= 4 is 5.91 Å². The van der Waals surface area contributed by atoms with Crippen LogP contribution in [0.2, 0.25) is 0 Å². The molecule has 2 rings (SSSR count). The van der Waals surface area contributed by atoms with E-state index in [1.54, 1.807) is 0 Å². The van der Waals surface area contributed by atoms with Crippen molar-refractivity contribution in [1.82, 2.24) is 10.2 Å². The van der Waals surface area contributed by atoms with Crippen LogP contribution in [-0.2, 0) is 0 Å². The van der Waals surface area contributed by atoms with Crippen molar-refractivity contribution in [3.8, 4) is 5.75 Å². The van der Waals surface area contributed by atoms with Gasteiger partial charge < -0.3 is 15.0 Å². The first kappa shape index (κ1) is 16.8. The lowest BCUT2D eigenvalue weighted by molar-refractivity contribution is 0.0691. The zero-order valence-corrected chi connectivity index (χ0v) is 14.0. The summed E-state index contributed by atoms with van der Waals surface area (Å²) in [5.74, 6) is 1.66. The third-order valence-corrected chi connectivity index (χ3v) is 4.41. The van der Waals surface area contributed by atoms with Crippen LogP contribution >= 0.6 is 0 Å². The van der Waals surface area contributed by atoms with Gasteiger partial charge >= 0.3 is 0 Å². The van der Waals surface area contributed by atoms with Gasteiger partial charge in [0.15, 0.2) is 0 Å². The maximum absolute atomic E-state index is 12.5. The van der Waals surface area contributed by atoms with Crippen LogP contribution in [-0.4, -0.2) is 43.6 Å². The number of nitrogens with one attached hydrogen (secondary N) is 1. The largest absolute Gasteiger partial charge is 0.491 e. The highest BCUT2D eigenvalue weighted by atomic mass is 16.5. The van der Waals surface area contributed by atoms with Crippen LogP contribution in [0.1, 0.15) is 43.5 Å². The lowest BCUT2D eigenvalue weighted by Gasteiger charge is -2.32. The number of nitrogens with zero attached hydrogens (tertiary/aromatic N) is 1. The SMILES string of the molecule is CCC(C)Oc1ccc(C(=O)N2CCC(CNC)CC2)cc1. The molecule has 22 heavy (non-hydrogen) atoms. The normalized spacial score (nSPS) is 17.3. The van der Waals surface area contributed by atoms with E-state index in [4.69, 9.17) is 4.74 Å². The molecule has 1 unspecified atom stereocenters. The summed E-state index contributed by atoms with van der Waals surface area (Å²) >= 11 is 0. The number of hydrogen-bond acceptors (Lipinski definition) is 3. The van der Waals surface area contributed by atoms with E-state index in [1.807, 2.05) is 43.1 Å². The Bertz CT molecular complexity index is 464. The second-order valence-corrected chi connectivity index (χ2v) is 6.15. The standard InChI is InChI=1S/C18H28N2O2/c1-4-14(2)22-17-7-5-16(6-8-17)18(21)20-11-9-15(10-12-20)13-19-3/h5-8,14-15,19H,4,9-13H2,1-3H3. The number of rotatable bonds is 6. The van der Waals surface area contributed by atoms with Crippen molar-refractivity contribution in [3.63, 3.8) is 0 Å². The Kier molecular flexibility index (Phi) is 6.25. The van der Waals surface area contributed by atoms with Crippen LogP contribution in [0.25, 0.3) is 0 Å². The number of benzene rings is 1. The molecule has 0 radical (unpaired) electrons. The van der Waals surface area contributed by atoms with Crippen molar-refractivity contribution in [2.24, 2.45) is 5.92 Å². The summed E-state index contributed by atoms with van der Waals surface area (Å²) in [7, 11) is 1.99. The van der Waals surface area contributed by atoms with Crippen LogP contribution < -0.4 is 10.1 Å². The fraction of sp³-hybridized carbons (Fsp3) is 0.611. The average molecular weight is 304 g/mol. The Hall–Kier alpha value is -1.55. The molecule has 4 heteroatoms. The molecule has 0 aliphatic carbocycles. The first-order valence-corrected chi connectivity index (χ1v) is 8.34. The molecule has 1 aliphatic heterocycles. The Labute approximate surface area is 133 Å². The summed E-state index contributed by atoms with van der Waals surface area (Å²) in [4.78, 5) is 14.5. The maximum atomic E-state index is 12.5. The third-order valence-electron chi connectivity index (χ3n) is 4.41. The second kappa shape index (κ2) is 8.18. The van der Waals surface area contributed by atoms with Crippen molar-refractivity contribution in [2.45, 2.75) is 39.2 Å². The monoisotopic (exact) mass is 304 g/mol. The number of hydrogen-bond donors (Lipinski definition) is 1. The molecule has 1 heterocycles. The number of likely N-dealkylation sites (tertiary alicyclic amines) is 1. The number of piperidine rings is 1. The molecule has 1 saturated heterocycles. The first-order chi connectivity index (χ1) is 10.6. The van der Waals surface area contributed by atoms with Gasteiger partial charge in [0.1, 0.15) is 5.75 Å². The van der Waals surface area contributed by atoms with E-state index in [-0.39, 0.29) is 12.0 Å². The summed E-state index contributed by atoms with van der Waals surface area (Å²) < 4.78 is 5.75. The summed E-state index contributed by atoms with van der Waals surface area (Å²) in [6.07, 6.45) is 3.35. The number of carbonyl (C=O) groups is 1. The lowest BCUT2D eigenvalue weighted by atomic mass is 9.96. The number of amides is 1. The van der Waals surface area contributed by atoms with Gasteiger partial charge in [-0.25, -0.2) is 0 Å². The van der Waals surface area contributed by atoms with Crippen LogP contribution in [0.5, 0.6) is 5.75 Å². The molecule has 1 amide bonds. The minimum absolute atomic E-state index is 0.137. The molecule has 1 aromatic carbocycles. The van der Waals surface area contributed by atoms with Gasteiger partial charge in [0.05, 0.1) is 6.10 Å². The van der Waals surface area contributed by atoms with Crippen molar-refractivity contribution in [2.75, 3.05) is 26.7 Å². The van der Waals surface area contributed by atoms with Gasteiger partial charge in [-0.1, -0.05) is 6.92 Å². The van der Waals surface area contributed by atoms with Gasteiger partial charge in [0, 0.05) is 18.7 Å². The quantitative estimate of drug-likeness (QED) is 0.878. The van der Waals surface area contributed by atoms with Gasteiger partial charge in [0.25, 0.3) is 5.91 Å². The molecule has 1 aromatic rings. The molecule has 1 atom stereocenters. The second-order valence-electron chi connectivity index (χ2n) is 6.15. The van der Waals surface area contributed by atoms with E-state index >= 15 is 0 Å². The smallest absolute Gasteiger partial charge is 0.253 e. The molecular formula is C18H28N2O2. The van der Waals surface area contributed by atoms with E-state index in [9.17, 15) is 4.79 Å². The van der Waals surface area contributed by atoms with Crippen LogP contribution in [0, 0.1) is 5.92 Å². The van der Waals surface area contributed by atoms with Gasteiger partial charge in [-0.05, 0) is 70.0 Å². The molecule has 0 saturated carbocycles. The van der Waals surface area contributed by atoms with Gasteiger partial charge in [-0.3, -0.25) is 4.79 Å². The fourth-order valence-electron chi connectivity index (χ4n) is 2.80. The molecule has 0 aromatic heterocycles. The molecule has 122 valence electrons. The van der Waals surface area contributed by atoms with Crippen LogP contribution in [0.15, 0.2) is 24.3 Å². The van der Waals surface area contributed by atoms with Gasteiger partial charge in [-0.2, -0.15) is 0 Å². The van der Waals surface area contributed by atoms with Gasteiger partial charge in [-0.15, -0.1) is 0 Å². The molecule has 0 bridgehead atoms. The van der Waals surface area contributed by atoms with Gasteiger partial charge in [0.2, 0.25) is 0 Å². The Morgan fingerprint density at radius 2 is 1.95 bits per heavy atom. The summed E-state index contributed by atoms with van der Waals surface area (Å²) in [5, 5.41) is 3.22.